The van der Waals surface area contributed by atoms with Gasteiger partial charge in [0.25, 0.3) is 0 Å². The average Bonchev–Trinajstić information content (AvgIpc) is 3.44. The Morgan fingerprint density at radius 1 is 0.895 bits per heavy atom. The first-order valence-electron chi connectivity index (χ1n) is 12.7. The van der Waals surface area contributed by atoms with Crippen molar-refractivity contribution in [1.29, 1.82) is 0 Å². The van der Waals surface area contributed by atoms with E-state index in [2.05, 4.69) is 78.4 Å². The van der Waals surface area contributed by atoms with Crippen molar-refractivity contribution in [1.82, 2.24) is 4.98 Å². The summed E-state index contributed by atoms with van der Waals surface area (Å²) < 4.78 is 7.50. The normalized spacial score (nSPS) is 13.0. The third-order valence-corrected chi connectivity index (χ3v) is 14.0. The molecule has 0 saturated heterocycles. The summed E-state index contributed by atoms with van der Waals surface area (Å²) in [5.74, 6) is 0.580. The lowest BCUT2D eigenvalue weighted by Gasteiger charge is -2.42. The molecule has 2 aromatic heterocycles. The van der Waals surface area contributed by atoms with Crippen LogP contribution in [-0.2, 0) is 11.0 Å². The summed E-state index contributed by atoms with van der Waals surface area (Å²) >= 11 is 3.00. The molecule has 4 rings (SSSR count). The molecule has 0 amide bonds. The van der Waals surface area contributed by atoms with Crippen molar-refractivity contribution >= 4 is 67.7 Å². The number of azo groups is 2. The lowest BCUT2D eigenvalue weighted by Crippen LogP contribution is -2.45. The lowest BCUT2D eigenvalue weighted by molar-refractivity contribution is 0.256. The molecule has 0 saturated carbocycles. The van der Waals surface area contributed by atoms with Gasteiger partial charge in [0, 0.05) is 19.8 Å². The average molecular weight is 565 g/mol. The van der Waals surface area contributed by atoms with Crippen molar-refractivity contribution in [3.63, 3.8) is 0 Å². The number of fused-ring (bicyclic) bond motifs is 1. The van der Waals surface area contributed by atoms with Crippen molar-refractivity contribution in [3.05, 3.63) is 60.2 Å². The van der Waals surface area contributed by atoms with Crippen molar-refractivity contribution in [3.8, 4) is 0 Å². The minimum Gasteiger partial charge on any atom is -0.413 e. The number of thiazole rings is 1. The minimum atomic E-state index is -1.85. The highest BCUT2D eigenvalue weighted by atomic mass is 32.1. The zero-order chi connectivity index (χ0) is 27.5. The smallest absolute Gasteiger partial charge is 0.231 e. The van der Waals surface area contributed by atoms with Crippen LogP contribution < -0.4 is 4.90 Å². The maximum Gasteiger partial charge on any atom is 0.231 e. The second-order valence-corrected chi connectivity index (χ2v) is 17.5. The Labute approximate surface area is 234 Å². The Kier molecular flexibility index (Phi) is 8.56. The van der Waals surface area contributed by atoms with E-state index in [0.717, 1.165) is 37.2 Å². The van der Waals surface area contributed by atoms with E-state index in [0.29, 0.717) is 17.7 Å². The molecule has 0 aliphatic heterocycles. The number of hydrogen-bond donors (Lipinski definition) is 0. The first kappa shape index (κ1) is 28.2. The summed E-state index contributed by atoms with van der Waals surface area (Å²) in [5, 5.41) is 19.1. The van der Waals surface area contributed by atoms with Crippen molar-refractivity contribution in [2.24, 2.45) is 26.4 Å². The van der Waals surface area contributed by atoms with Gasteiger partial charge in [-0.05, 0) is 72.1 Å². The molecule has 0 radical (unpaired) electrons. The standard InChI is InChI=1S/C28H36N6OS2Si/c1-19(2)28(3,4)38(7,8)35-18-20-9-11-21(12-10-20)30-32-25-17-24-26(37-25)29-27(36-24)33-31-22-13-15-23(16-14-22)34(5)6/h9-17,19H,18H2,1-8H3. The summed E-state index contributed by atoms with van der Waals surface area (Å²) in [6.07, 6.45) is 0. The maximum absolute atomic E-state index is 6.47. The first-order valence-corrected chi connectivity index (χ1v) is 17.2. The van der Waals surface area contributed by atoms with Gasteiger partial charge in [-0.2, -0.15) is 0 Å². The van der Waals surface area contributed by atoms with E-state index in [1.54, 1.807) is 0 Å². The van der Waals surface area contributed by atoms with Gasteiger partial charge in [-0.15, -0.1) is 20.5 Å². The summed E-state index contributed by atoms with van der Waals surface area (Å²) in [7, 11) is 2.17. The SMILES string of the molecule is CC(C)C(C)(C)[Si](C)(C)OCc1ccc(N=Nc2cc3sc(N=Nc4ccc(N(C)C)cc4)nc3s2)cc1. The van der Waals surface area contributed by atoms with Crippen molar-refractivity contribution in [2.75, 3.05) is 19.0 Å². The third-order valence-electron chi connectivity index (χ3n) is 7.48. The highest BCUT2D eigenvalue weighted by Gasteiger charge is 2.43. The number of benzene rings is 2. The Balaban J connectivity index is 1.35. The van der Waals surface area contributed by atoms with E-state index in [1.807, 2.05) is 61.5 Å². The highest BCUT2D eigenvalue weighted by Crippen LogP contribution is 2.45. The van der Waals surface area contributed by atoms with Gasteiger partial charge >= 0.3 is 0 Å². The van der Waals surface area contributed by atoms with E-state index >= 15 is 0 Å². The van der Waals surface area contributed by atoms with E-state index < -0.39 is 8.32 Å². The van der Waals surface area contributed by atoms with E-state index in [1.165, 1.54) is 22.7 Å². The number of hydrogen-bond acceptors (Lipinski definition) is 9. The van der Waals surface area contributed by atoms with Gasteiger partial charge in [-0.3, -0.25) is 0 Å². The molecule has 2 aromatic carbocycles. The van der Waals surface area contributed by atoms with Crippen LogP contribution in [0, 0.1) is 5.92 Å². The molecule has 0 atom stereocenters. The predicted octanol–water partition coefficient (Wildman–Crippen LogP) is 10.4. The number of rotatable bonds is 10. The summed E-state index contributed by atoms with van der Waals surface area (Å²) in [6.45, 7) is 14.5. The molecule has 0 N–H and O–H groups in total. The number of anilines is 1. The molecule has 0 aliphatic rings. The molecule has 4 aromatic rings. The number of thiophene rings is 1. The molecule has 200 valence electrons. The van der Waals surface area contributed by atoms with Crippen LogP contribution in [0.2, 0.25) is 18.1 Å². The summed E-state index contributed by atoms with van der Waals surface area (Å²) in [4.78, 5) is 7.53. The third kappa shape index (κ3) is 6.61. The lowest BCUT2D eigenvalue weighted by atomic mass is 9.99. The first-order chi connectivity index (χ1) is 17.9. The fourth-order valence-corrected chi connectivity index (χ4v) is 7.77. The second kappa shape index (κ2) is 11.5. The fraction of sp³-hybridized carbons (Fsp3) is 0.393. The highest BCUT2D eigenvalue weighted by molar-refractivity contribution is 7.30. The van der Waals surface area contributed by atoms with E-state index in [9.17, 15) is 0 Å². The number of aromatic nitrogens is 1. The quantitative estimate of drug-likeness (QED) is 0.142. The van der Waals surface area contributed by atoms with E-state index in [-0.39, 0.29) is 5.04 Å². The Hall–Kier alpha value is -2.79. The van der Waals surface area contributed by atoms with Crippen LogP contribution >= 0.6 is 22.7 Å². The zero-order valence-electron chi connectivity index (χ0n) is 23.4. The molecular weight excluding hydrogens is 529 g/mol. The van der Waals surface area contributed by atoms with E-state index in [4.69, 9.17) is 4.43 Å². The van der Waals surface area contributed by atoms with Gasteiger partial charge in [0.05, 0.1) is 22.7 Å². The van der Waals surface area contributed by atoms with Gasteiger partial charge in [-0.25, -0.2) is 4.98 Å². The molecule has 0 spiro atoms. The van der Waals surface area contributed by atoms with Crippen LogP contribution in [0.4, 0.5) is 27.2 Å². The molecular formula is C28H36N6OS2Si. The molecule has 0 bridgehead atoms. The van der Waals surface area contributed by atoms with Crippen LogP contribution in [0.5, 0.6) is 0 Å². The van der Waals surface area contributed by atoms with Gasteiger partial charge < -0.3 is 9.33 Å². The summed E-state index contributed by atoms with van der Waals surface area (Å²) in [5.41, 5.74) is 3.89. The van der Waals surface area contributed by atoms with Crippen molar-refractivity contribution in [2.45, 2.75) is 52.4 Å². The molecule has 2 heterocycles. The van der Waals surface area contributed by atoms with Crippen molar-refractivity contribution < 1.29 is 4.43 Å². The molecule has 0 aliphatic carbocycles. The number of nitrogens with zero attached hydrogens (tertiary/aromatic N) is 6. The Morgan fingerprint density at radius 3 is 2.08 bits per heavy atom. The van der Waals surface area contributed by atoms with Crippen LogP contribution in [0.15, 0.2) is 75.1 Å². The monoisotopic (exact) mass is 564 g/mol. The molecule has 0 unspecified atom stereocenters. The largest absolute Gasteiger partial charge is 0.413 e. The van der Waals surface area contributed by atoms with Gasteiger partial charge in [0.1, 0.15) is 9.83 Å². The molecule has 7 nitrogen and oxygen atoms in total. The van der Waals surface area contributed by atoms with Crippen LogP contribution in [-0.4, -0.2) is 27.4 Å². The van der Waals surface area contributed by atoms with Crippen LogP contribution in [0.3, 0.4) is 0 Å². The Bertz CT molecular complexity index is 1390. The topological polar surface area (TPSA) is 74.8 Å². The Morgan fingerprint density at radius 2 is 1.50 bits per heavy atom. The minimum absolute atomic E-state index is 0.201. The van der Waals surface area contributed by atoms with Crippen LogP contribution in [0.25, 0.3) is 9.53 Å². The van der Waals surface area contributed by atoms with Gasteiger partial charge in [0.15, 0.2) is 8.32 Å². The molecule has 10 heteroatoms. The molecule has 38 heavy (non-hydrogen) atoms. The van der Waals surface area contributed by atoms with Gasteiger partial charge in [0.2, 0.25) is 5.13 Å². The molecule has 0 fully saturated rings. The predicted molar refractivity (Wildman–Crippen MR) is 164 cm³/mol. The van der Waals surface area contributed by atoms with Gasteiger partial charge in [-0.1, -0.05) is 62.5 Å². The van der Waals surface area contributed by atoms with Crippen LogP contribution in [0.1, 0.15) is 33.3 Å². The zero-order valence-corrected chi connectivity index (χ0v) is 26.0. The maximum atomic E-state index is 6.47. The summed E-state index contributed by atoms with van der Waals surface area (Å²) in [6, 6.07) is 18.0. The second-order valence-electron chi connectivity index (χ2n) is 10.9. The fourth-order valence-electron chi connectivity index (χ4n) is 3.63.